The molecule has 6 heteroatoms. The summed E-state index contributed by atoms with van der Waals surface area (Å²) in [6, 6.07) is 6.17. The summed E-state index contributed by atoms with van der Waals surface area (Å²) in [6.07, 6.45) is 4.42. The summed E-state index contributed by atoms with van der Waals surface area (Å²) in [5.74, 6) is 2.37. The van der Waals surface area contributed by atoms with Crippen LogP contribution in [0.5, 0.6) is 5.75 Å². The van der Waals surface area contributed by atoms with Gasteiger partial charge in [-0.25, -0.2) is 4.79 Å². The summed E-state index contributed by atoms with van der Waals surface area (Å²) in [7, 11) is 0. The van der Waals surface area contributed by atoms with E-state index in [1.165, 1.54) is 0 Å². The predicted octanol–water partition coefficient (Wildman–Crippen LogP) is 1.23. The minimum absolute atomic E-state index is 0.186. The second-order valence-electron chi connectivity index (χ2n) is 4.89. The molecule has 0 saturated carbocycles. The van der Waals surface area contributed by atoms with Crippen molar-refractivity contribution in [2.75, 3.05) is 6.61 Å². The maximum Gasteiger partial charge on any atom is 0.408 e. The third-order valence-corrected chi connectivity index (χ3v) is 2.66. The number of hydrogen-bond donors (Lipinski definition) is 2. The molecule has 1 aromatic carbocycles. The fraction of sp³-hybridized carbons (Fsp3) is 0.375. The van der Waals surface area contributed by atoms with Gasteiger partial charge in [-0.3, -0.25) is 4.79 Å². The lowest BCUT2D eigenvalue weighted by Gasteiger charge is -2.17. The van der Waals surface area contributed by atoms with Gasteiger partial charge in [0.2, 0.25) is 5.91 Å². The van der Waals surface area contributed by atoms with Gasteiger partial charge in [0, 0.05) is 6.42 Å². The summed E-state index contributed by atoms with van der Waals surface area (Å²) in [5.41, 5.74) is 6.12. The molecule has 0 spiro atoms. The maximum atomic E-state index is 11.6. The normalized spacial score (nSPS) is 11.4. The number of amides is 2. The van der Waals surface area contributed by atoms with Gasteiger partial charge in [-0.2, -0.15) is 0 Å². The average Bonchev–Trinajstić information content (AvgIpc) is 2.44. The molecule has 0 aliphatic carbocycles. The molecule has 0 heterocycles. The number of carbonyl (C=O) groups is 2. The number of terminal acetylenes is 1. The van der Waals surface area contributed by atoms with E-state index >= 15 is 0 Å². The van der Waals surface area contributed by atoms with Crippen LogP contribution in [-0.4, -0.2) is 30.8 Å². The Balaban J connectivity index is 2.65. The van der Waals surface area contributed by atoms with E-state index in [-0.39, 0.29) is 19.1 Å². The summed E-state index contributed by atoms with van der Waals surface area (Å²) in [6.45, 7) is 3.62. The van der Waals surface area contributed by atoms with E-state index in [9.17, 15) is 9.59 Å². The lowest BCUT2D eigenvalue weighted by molar-refractivity contribution is -0.119. The SMILES string of the molecule is C#CCOc1ccc(CC(NC(=O)OC(C)C)C(N)=O)cc1. The number of hydrogen-bond acceptors (Lipinski definition) is 4. The Morgan fingerprint density at radius 3 is 2.45 bits per heavy atom. The van der Waals surface area contributed by atoms with Crippen LogP contribution in [0.25, 0.3) is 0 Å². The van der Waals surface area contributed by atoms with Crippen LogP contribution in [0, 0.1) is 12.3 Å². The highest BCUT2D eigenvalue weighted by molar-refractivity contribution is 5.84. The van der Waals surface area contributed by atoms with Crippen LogP contribution in [0.1, 0.15) is 19.4 Å². The second-order valence-corrected chi connectivity index (χ2v) is 4.89. The van der Waals surface area contributed by atoms with Crippen LogP contribution in [-0.2, 0) is 16.0 Å². The number of ether oxygens (including phenoxy) is 2. The lowest BCUT2D eigenvalue weighted by atomic mass is 10.1. The van der Waals surface area contributed by atoms with Gasteiger partial charge >= 0.3 is 6.09 Å². The van der Waals surface area contributed by atoms with Crippen molar-refractivity contribution in [1.82, 2.24) is 5.32 Å². The zero-order valence-corrected chi connectivity index (χ0v) is 12.7. The smallest absolute Gasteiger partial charge is 0.408 e. The minimum Gasteiger partial charge on any atom is -0.481 e. The highest BCUT2D eigenvalue weighted by Crippen LogP contribution is 2.13. The first-order valence-corrected chi connectivity index (χ1v) is 6.84. The Morgan fingerprint density at radius 2 is 1.95 bits per heavy atom. The number of alkyl carbamates (subject to hydrolysis) is 1. The number of rotatable bonds is 7. The molecule has 0 bridgehead atoms. The van der Waals surface area contributed by atoms with Crippen LogP contribution in [0.15, 0.2) is 24.3 Å². The summed E-state index contributed by atoms with van der Waals surface area (Å²) in [4.78, 5) is 23.0. The van der Waals surface area contributed by atoms with Gasteiger partial charge in [0.25, 0.3) is 0 Å². The lowest BCUT2D eigenvalue weighted by Crippen LogP contribution is -2.46. The molecule has 0 radical (unpaired) electrons. The van der Waals surface area contributed by atoms with Crippen LogP contribution in [0.4, 0.5) is 4.79 Å². The number of carbonyl (C=O) groups excluding carboxylic acids is 2. The van der Waals surface area contributed by atoms with Gasteiger partial charge in [-0.15, -0.1) is 6.42 Å². The third kappa shape index (κ3) is 6.18. The Labute approximate surface area is 130 Å². The Kier molecular flexibility index (Phi) is 6.77. The van der Waals surface area contributed by atoms with E-state index in [2.05, 4.69) is 11.2 Å². The van der Waals surface area contributed by atoms with Gasteiger partial charge in [-0.05, 0) is 31.5 Å². The average molecular weight is 304 g/mol. The number of primary amides is 1. The molecule has 0 saturated heterocycles. The zero-order chi connectivity index (χ0) is 16.5. The molecule has 1 rings (SSSR count). The van der Waals surface area contributed by atoms with E-state index in [1.807, 2.05) is 0 Å². The first-order chi connectivity index (χ1) is 10.4. The van der Waals surface area contributed by atoms with Crippen molar-refractivity contribution in [2.24, 2.45) is 5.73 Å². The summed E-state index contributed by atoms with van der Waals surface area (Å²) < 4.78 is 10.2. The summed E-state index contributed by atoms with van der Waals surface area (Å²) in [5, 5.41) is 2.45. The molecule has 1 unspecified atom stereocenters. The van der Waals surface area contributed by atoms with Crippen LogP contribution >= 0.6 is 0 Å². The molecule has 3 N–H and O–H groups in total. The molecule has 2 amide bonds. The van der Waals surface area contributed by atoms with Gasteiger partial charge in [0.1, 0.15) is 18.4 Å². The molecule has 1 aromatic rings. The second kappa shape index (κ2) is 8.57. The monoisotopic (exact) mass is 304 g/mol. The van der Waals surface area contributed by atoms with Gasteiger partial charge < -0.3 is 20.5 Å². The van der Waals surface area contributed by atoms with E-state index in [4.69, 9.17) is 21.6 Å². The number of nitrogens with two attached hydrogens (primary N) is 1. The number of benzene rings is 1. The molecule has 22 heavy (non-hydrogen) atoms. The van der Waals surface area contributed by atoms with Crippen LogP contribution in [0.3, 0.4) is 0 Å². The largest absolute Gasteiger partial charge is 0.481 e. The topological polar surface area (TPSA) is 90.7 Å². The predicted molar refractivity (Wildman–Crippen MR) is 82.2 cm³/mol. The quantitative estimate of drug-likeness (QED) is 0.741. The Hall–Kier alpha value is -2.68. The third-order valence-electron chi connectivity index (χ3n) is 2.66. The van der Waals surface area contributed by atoms with Crippen molar-refractivity contribution in [3.05, 3.63) is 29.8 Å². The molecular weight excluding hydrogens is 284 g/mol. The first-order valence-electron chi connectivity index (χ1n) is 6.84. The van der Waals surface area contributed by atoms with E-state index in [0.29, 0.717) is 5.75 Å². The van der Waals surface area contributed by atoms with Crippen LogP contribution < -0.4 is 15.8 Å². The number of nitrogens with one attached hydrogen (secondary N) is 1. The van der Waals surface area contributed by atoms with Crippen molar-refractivity contribution in [1.29, 1.82) is 0 Å². The van der Waals surface area contributed by atoms with Crippen molar-refractivity contribution in [3.63, 3.8) is 0 Å². The molecule has 0 fully saturated rings. The zero-order valence-electron chi connectivity index (χ0n) is 12.7. The molecule has 118 valence electrons. The molecule has 1 atom stereocenters. The van der Waals surface area contributed by atoms with Crippen molar-refractivity contribution in [2.45, 2.75) is 32.4 Å². The van der Waals surface area contributed by atoms with E-state index in [0.717, 1.165) is 5.56 Å². The molecule has 0 aliphatic heterocycles. The molecule has 0 aromatic heterocycles. The van der Waals surface area contributed by atoms with E-state index < -0.39 is 18.0 Å². The van der Waals surface area contributed by atoms with Crippen molar-refractivity contribution < 1.29 is 19.1 Å². The van der Waals surface area contributed by atoms with Crippen molar-refractivity contribution >= 4 is 12.0 Å². The Morgan fingerprint density at radius 1 is 1.32 bits per heavy atom. The Bertz CT molecular complexity index is 546. The fourth-order valence-electron chi connectivity index (χ4n) is 1.70. The van der Waals surface area contributed by atoms with Gasteiger partial charge in [0.15, 0.2) is 0 Å². The molecular formula is C16H20N2O4. The standard InChI is InChI=1S/C16H20N2O4/c1-4-9-21-13-7-5-12(6-8-13)10-14(15(17)19)18-16(20)22-11(2)3/h1,5-8,11,14H,9-10H2,2-3H3,(H2,17,19)(H,18,20). The minimum atomic E-state index is -0.844. The maximum absolute atomic E-state index is 11.6. The van der Waals surface area contributed by atoms with Crippen molar-refractivity contribution in [3.8, 4) is 18.1 Å². The van der Waals surface area contributed by atoms with Gasteiger partial charge in [0.05, 0.1) is 6.10 Å². The molecule has 6 nitrogen and oxygen atoms in total. The summed E-state index contributed by atoms with van der Waals surface area (Å²) >= 11 is 0. The highest BCUT2D eigenvalue weighted by atomic mass is 16.6. The first kappa shape index (κ1) is 17.4. The molecule has 0 aliphatic rings. The van der Waals surface area contributed by atoms with E-state index in [1.54, 1.807) is 38.1 Å². The highest BCUT2D eigenvalue weighted by Gasteiger charge is 2.19. The van der Waals surface area contributed by atoms with Crippen LogP contribution in [0.2, 0.25) is 0 Å². The van der Waals surface area contributed by atoms with Gasteiger partial charge in [-0.1, -0.05) is 18.1 Å². The fourth-order valence-corrected chi connectivity index (χ4v) is 1.70.